The molecule has 0 radical (unpaired) electrons. The van der Waals surface area contributed by atoms with Gasteiger partial charge in [0.15, 0.2) is 0 Å². The number of rotatable bonds is 0. The Balaban J connectivity index is 2.40. The summed E-state index contributed by atoms with van der Waals surface area (Å²) in [7, 11) is 0. The third-order valence-corrected chi connectivity index (χ3v) is 2.61. The van der Waals surface area contributed by atoms with E-state index in [2.05, 4.69) is 17.6 Å². The van der Waals surface area contributed by atoms with Crippen molar-refractivity contribution in [1.29, 1.82) is 0 Å². The fraction of sp³-hybridized carbons (Fsp3) is 0.400. The van der Waals surface area contributed by atoms with Gasteiger partial charge in [0, 0.05) is 12.6 Å². The second-order valence-electron chi connectivity index (χ2n) is 3.42. The standard InChI is InChI=1S/C10H13ClN2/c1-7-5-6-12-9-4-2-3-8(11)10(9)13-7/h2-4,7,12-13H,5-6H2,1H3. The molecule has 0 fully saturated rings. The van der Waals surface area contributed by atoms with Gasteiger partial charge in [-0.05, 0) is 25.5 Å². The second-order valence-corrected chi connectivity index (χ2v) is 3.83. The predicted molar refractivity (Wildman–Crippen MR) is 57.6 cm³/mol. The van der Waals surface area contributed by atoms with Gasteiger partial charge in [-0.15, -0.1) is 0 Å². The second kappa shape index (κ2) is 3.46. The molecule has 2 nitrogen and oxygen atoms in total. The van der Waals surface area contributed by atoms with Gasteiger partial charge in [-0.1, -0.05) is 17.7 Å². The molecule has 0 saturated heterocycles. The molecule has 3 heteroatoms. The van der Waals surface area contributed by atoms with E-state index in [-0.39, 0.29) is 0 Å². The van der Waals surface area contributed by atoms with E-state index in [1.54, 1.807) is 0 Å². The molecule has 0 saturated carbocycles. The van der Waals surface area contributed by atoms with E-state index in [4.69, 9.17) is 11.6 Å². The highest BCUT2D eigenvalue weighted by molar-refractivity contribution is 6.34. The van der Waals surface area contributed by atoms with E-state index in [9.17, 15) is 0 Å². The van der Waals surface area contributed by atoms with E-state index in [1.807, 2.05) is 18.2 Å². The summed E-state index contributed by atoms with van der Waals surface area (Å²) in [6.45, 7) is 3.17. The van der Waals surface area contributed by atoms with Crippen LogP contribution in [0.4, 0.5) is 11.4 Å². The van der Waals surface area contributed by atoms with Crippen molar-refractivity contribution in [1.82, 2.24) is 0 Å². The molecule has 70 valence electrons. The van der Waals surface area contributed by atoms with Crippen LogP contribution < -0.4 is 10.6 Å². The van der Waals surface area contributed by atoms with Gasteiger partial charge in [-0.2, -0.15) is 0 Å². The van der Waals surface area contributed by atoms with Crippen LogP contribution >= 0.6 is 11.6 Å². The number of hydrogen-bond acceptors (Lipinski definition) is 2. The molecule has 0 bridgehead atoms. The summed E-state index contributed by atoms with van der Waals surface area (Å²) in [5.41, 5.74) is 2.14. The predicted octanol–water partition coefficient (Wildman–Crippen LogP) is 2.96. The molecule has 0 amide bonds. The van der Waals surface area contributed by atoms with Crippen LogP contribution in [0.2, 0.25) is 5.02 Å². The van der Waals surface area contributed by atoms with Crippen molar-refractivity contribution in [3.8, 4) is 0 Å². The molecular weight excluding hydrogens is 184 g/mol. The van der Waals surface area contributed by atoms with E-state index in [1.165, 1.54) is 0 Å². The molecule has 1 aliphatic heterocycles. The van der Waals surface area contributed by atoms with Crippen molar-refractivity contribution >= 4 is 23.0 Å². The molecule has 0 aromatic heterocycles. The van der Waals surface area contributed by atoms with Crippen LogP contribution in [0.25, 0.3) is 0 Å². The smallest absolute Gasteiger partial charge is 0.0767 e. The zero-order valence-corrected chi connectivity index (χ0v) is 8.36. The Morgan fingerprint density at radius 3 is 3.15 bits per heavy atom. The third kappa shape index (κ3) is 1.73. The van der Waals surface area contributed by atoms with Crippen LogP contribution in [0.1, 0.15) is 13.3 Å². The summed E-state index contributed by atoms with van der Waals surface area (Å²) in [6.07, 6.45) is 1.12. The average Bonchev–Trinajstić information content (AvgIpc) is 2.28. The number of hydrogen-bond donors (Lipinski definition) is 2. The average molecular weight is 197 g/mol. The largest absolute Gasteiger partial charge is 0.383 e. The van der Waals surface area contributed by atoms with Gasteiger partial charge in [0.2, 0.25) is 0 Å². The van der Waals surface area contributed by atoms with Crippen molar-refractivity contribution in [2.75, 3.05) is 17.2 Å². The maximum absolute atomic E-state index is 6.08. The minimum absolute atomic E-state index is 0.480. The van der Waals surface area contributed by atoms with Gasteiger partial charge >= 0.3 is 0 Å². The summed E-state index contributed by atoms with van der Waals surface area (Å²) in [5.74, 6) is 0. The molecule has 1 atom stereocenters. The first-order valence-corrected chi connectivity index (χ1v) is 4.94. The van der Waals surface area contributed by atoms with Gasteiger partial charge < -0.3 is 10.6 Å². The normalized spacial score (nSPS) is 20.9. The quantitative estimate of drug-likeness (QED) is 0.667. The number of benzene rings is 1. The number of halogens is 1. The number of fused-ring (bicyclic) bond motifs is 1. The Morgan fingerprint density at radius 2 is 2.31 bits per heavy atom. The molecule has 2 N–H and O–H groups in total. The van der Waals surface area contributed by atoms with Crippen LogP contribution in [0.15, 0.2) is 18.2 Å². The van der Waals surface area contributed by atoms with Crippen LogP contribution in [0.3, 0.4) is 0 Å². The van der Waals surface area contributed by atoms with E-state index < -0.39 is 0 Å². The molecule has 1 aromatic rings. The van der Waals surface area contributed by atoms with E-state index >= 15 is 0 Å². The van der Waals surface area contributed by atoms with Crippen LogP contribution in [0.5, 0.6) is 0 Å². The summed E-state index contributed by atoms with van der Waals surface area (Å²) in [4.78, 5) is 0. The number of anilines is 2. The zero-order chi connectivity index (χ0) is 9.26. The maximum atomic E-state index is 6.08. The highest BCUT2D eigenvalue weighted by Crippen LogP contribution is 2.32. The Kier molecular flexibility index (Phi) is 2.32. The van der Waals surface area contributed by atoms with Crippen molar-refractivity contribution in [3.05, 3.63) is 23.2 Å². The summed E-state index contributed by atoms with van der Waals surface area (Å²) < 4.78 is 0. The Hall–Kier alpha value is -0.890. The molecule has 1 aromatic carbocycles. The van der Waals surface area contributed by atoms with Crippen LogP contribution in [0, 0.1) is 0 Å². The van der Waals surface area contributed by atoms with Gasteiger partial charge in [0.05, 0.1) is 16.4 Å². The third-order valence-electron chi connectivity index (χ3n) is 2.30. The van der Waals surface area contributed by atoms with Gasteiger partial charge in [-0.25, -0.2) is 0 Å². The molecule has 1 aliphatic rings. The minimum atomic E-state index is 0.480. The monoisotopic (exact) mass is 196 g/mol. The zero-order valence-electron chi connectivity index (χ0n) is 7.60. The van der Waals surface area contributed by atoms with Gasteiger partial charge in [0.1, 0.15) is 0 Å². The maximum Gasteiger partial charge on any atom is 0.0767 e. The Morgan fingerprint density at radius 1 is 1.46 bits per heavy atom. The molecule has 1 heterocycles. The summed E-state index contributed by atoms with van der Waals surface area (Å²) >= 11 is 6.08. The first kappa shape index (κ1) is 8.70. The highest BCUT2D eigenvalue weighted by Gasteiger charge is 2.13. The molecule has 2 rings (SSSR count). The first-order valence-electron chi connectivity index (χ1n) is 4.56. The lowest BCUT2D eigenvalue weighted by Gasteiger charge is -2.13. The van der Waals surface area contributed by atoms with Crippen LogP contribution in [-0.2, 0) is 0 Å². The van der Waals surface area contributed by atoms with Gasteiger partial charge in [0.25, 0.3) is 0 Å². The molecule has 0 aliphatic carbocycles. The summed E-state index contributed by atoms with van der Waals surface area (Å²) in [5, 5.41) is 7.54. The lowest BCUT2D eigenvalue weighted by Crippen LogP contribution is -2.14. The molecule has 13 heavy (non-hydrogen) atoms. The lowest BCUT2D eigenvalue weighted by atomic mass is 10.2. The van der Waals surface area contributed by atoms with Crippen molar-refractivity contribution in [3.63, 3.8) is 0 Å². The lowest BCUT2D eigenvalue weighted by molar-refractivity contribution is 0.745. The first-order chi connectivity index (χ1) is 6.27. The highest BCUT2D eigenvalue weighted by atomic mass is 35.5. The molecule has 1 unspecified atom stereocenters. The van der Waals surface area contributed by atoms with Crippen LogP contribution in [-0.4, -0.2) is 12.6 Å². The van der Waals surface area contributed by atoms with E-state index in [0.29, 0.717) is 6.04 Å². The number of para-hydroxylation sites is 1. The van der Waals surface area contributed by atoms with Crippen molar-refractivity contribution in [2.24, 2.45) is 0 Å². The molecule has 0 spiro atoms. The van der Waals surface area contributed by atoms with Crippen molar-refractivity contribution in [2.45, 2.75) is 19.4 Å². The fourth-order valence-corrected chi connectivity index (χ4v) is 1.79. The van der Waals surface area contributed by atoms with E-state index in [0.717, 1.165) is 29.4 Å². The fourth-order valence-electron chi connectivity index (χ4n) is 1.56. The SMILES string of the molecule is CC1CCNc2cccc(Cl)c2N1. The Bertz CT molecular complexity index is 312. The number of nitrogens with one attached hydrogen (secondary N) is 2. The van der Waals surface area contributed by atoms with Gasteiger partial charge in [-0.3, -0.25) is 0 Å². The Labute approximate surface area is 83.3 Å². The molecular formula is C10H13ClN2. The van der Waals surface area contributed by atoms with Crippen molar-refractivity contribution < 1.29 is 0 Å². The minimum Gasteiger partial charge on any atom is -0.383 e. The summed E-state index contributed by atoms with van der Waals surface area (Å²) in [6, 6.07) is 6.40. The topological polar surface area (TPSA) is 24.1 Å².